The van der Waals surface area contributed by atoms with Gasteiger partial charge in [-0.3, -0.25) is 14.8 Å². The van der Waals surface area contributed by atoms with E-state index < -0.39 is 12.0 Å². The van der Waals surface area contributed by atoms with Crippen LogP contribution in [0.15, 0.2) is 12.3 Å². The highest BCUT2D eigenvalue weighted by Gasteiger charge is 2.22. The summed E-state index contributed by atoms with van der Waals surface area (Å²) >= 11 is 0. The van der Waals surface area contributed by atoms with Gasteiger partial charge in [-0.25, -0.2) is 0 Å². The molecule has 1 rings (SSSR count). The van der Waals surface area contributed by atoms with Crippen LogP contribution >= 0.6 is 0 Å². The van der Waals surface area contributed by atoms with Gasteiger partial charge in [0.05, 0.1) is 5.69 Å². The second-order valence-corrected chi connectivity index (χ2v) is 4.79. The quantitative estimate of drug-likeness (QED) is 0.790. The number of hydrogen-bond donors (Lipinski definition) is 2. The molecule has 1 aromatic heterocycles. The number of aliphatic carboxylic acids is 1. The lowest BCUT2D eigenvalue weighted by Gasteiger charge is -2.21. The van der Waals surface area contributed by atoms with E-state index in [0.717, 1.165) is 5.69 Å². The number of carboxylic acids is 1. The van der Waals surface area contributed by atoms with E-state index in [0.29, 0.717) is 12.3 Å². The molecule has 0 aliphatic heterocycles. The Balaban J connectivity index is 2.67. The molecule has 0 spiro atoms. The lowest BCUT2D eigenvalue weighted by Crippen LogP contribution is -2.39. The van der Waals surface area contributed by atoms with Crippen molar-refractivity contribution >= 4 is 5.97 Å². The molecule has 0 aliphatic carbocycles. The Morgan fingerprint density at radius 3 is 2.59 bits per heavy atom. The van der Waals surface area contributed by atoms with Crippen molar-refractivity contribution in [2.75, 3.05) is 0 Å². The topological polar surface area (TPSA) is 67.2 Å². The Kier molecular flexibility index (Phi) is 4.69. The van der Waals surface area contributed by atoms with Crippen LogP contribution in [0.25, 0.3) is 0 Å². The number of rotatable bonds is 6. The third kappa shape index (κ3) is 3.85. The first-order valence-electron chi connectivity index (χ1n) is 5.88. The van der Waals surface area contributed by atoms with Crippen molar-refractivity contribution in [1.29, 1.82) is 0 Å². The molecule has 5 heteroatoms. The van der Waals surface area contributed by atoms with Gasteiger partial charge < -0.3 is 5.11 Å². The first kappa shape index (κ1) is 13.7. The maximum absolute atomic E-state index is 11.1. The van der Waals surface area contributed by atoms with Gasteiger partial charge in [0.25, 0.3) is 0 Å². The SMILES string of the molecule is CC(C)CC(NC(C)c1ccnn1C)C(=O)O. The van der Waals surface area contributed by atoms with Crippen molar-refractivity contribution in [1.82, 2.24) is 15.1 Å². The van der Waals surface area contributed by atoms with Crippen LogP contribution in [0.4, 0.5) is 0 Å². The fourth-order valence-corrected chi connectivity index (χ4v) is 1.91. The average molecular weight is 239 g/mol. The monoisotopic (exact) mass is 239 g/mol. The molecule has 0 saturated heterocycles. The van der Waals surface area contributed by atoms with E-state index in [1.54, 1.807) is 10.9 Å². The van der Waals surface area contributed by atoms with Gasteiger partial charge in [0.1, 0.15) is 6.04 Å². The predicted octanol–water partition coefficient (Wildman–Crippen LogP) is 1.57. The summed E-state index contributed by atoms with van der Waals surface area (Å²) in [6.45, 7) is 5.99. The van der Waals surface area contributed by atoms with E-state index in [4.69, 9.17) is 5.11 Å². The van der Waals surface area contributed by atoms with E-state index >= 15 is 0 Å². The zero-order valence-corrected chi connectivity index (χ0v) is 10.8. The molecule has 0 radical (unpaired) electrons. The molecule has 0 aliphatic rings. The van der Waals surface area contributed by atoms with E-state index in [9.17, 15) is 4.79 Å². The summed E-state index contributed by atoms with van der Waals surface area (Å²) < 4.78 is 1.76. The van der Waals surface area contributed by atoms with Gasteiger partial charge >= 0.3 is 5.97 Å². The van der Waals surface area contributed by atoms with Gasteiger partial charge in [0.2, 0.25) is 0 Å². The van der Waals surface area contributed by atoms with Crippen LogP contribution in [0, 0.1) is 5.92 Å². The molecule has 2 atom stereocenters. The zero-order chi connectivity index (χ0) is 13.0. The smallest absolute Gasteiger partial charge is 0.320 e. The third-order valence-corrected chi connectivity index (χ3v) is 2.76. The summed E-state index contributed by atoms with van der Waals surface area (Å²) in [6, 6.07) is 1.36. The first-order chi connectivity index (χ1) is 7.91. The number of aryl methyl sites for hydroxylation is 1. The van der Waals surface area contributed by atoms with Gasteiger partial charge in [0.15, 0.2) is 0 Å². The Bertz CT molecular complexity index is 374. The molecule has 2 unspecified atom stereocenters. The largest absolute Gasteiger partial charge is 0.480 e. The van der Waals surface area contributed by atoms with Gasteiger partial charge in [0, 0.05) is 19.3 Å². The van der Waals surface area contributed by atoms with Gasteiger partial charge in [-0.2, -0.15) is 5.10 Å². The molecule has 0 bridgehead atoms. The molecule has 0 fully saturated rings. The summed E-state index contributed by atoms with van der Waals surface area (Å²) in [5.74, 6) is -0.449. The van der Waals surface area contributed by atoms with Crippen LogP contribution in [0.2, 0.25) is 0 Å². The summed E-state index contributed by atoms with van der Waals surface area (Å²) in [7, 11) is 1.85. The van der Waals surface area contributed by atoms with Crippen LogP contribution in [-0.4, -0.2) is 26.9 Å². The minimum Gasteiger partial charge on any atom is -0.480 e. The van der Waals surface area contributed by atoms with Crippen LogP contribution in [0.5, 0.6) is 0 Å². The Hall–Kier alpha value is -1.36. The van der Waals surface area contributed by atoms with E-state index in [2.05, 4.69) is 10.4 Å². The minimum absolute atomic E-state index is 0.0256. The van der Waals surface area contributed by atoms with Crippen molar-refractivity contribution in [3.63, 3.8) is 0 Å². The van der Waals surface area contributed by atoms with Crippen LogP contribution < -0.4 is 5.32 Å². The average Bonchev–Trinajstić information content (AvgIpc) is 2.62. The molecule has 1 heterocycles. The predicted molar refractivity (Wildman–Crippen MR) is 65.6 cm³/mol. The molecule has 96 valence electrons. The molecular formula is C12H21N3O2. The van der Waals surface area contributed by atoms with E-state index in [-0.39, 0.29) is 6.04 Å². The number of hydrogen-bond acceptors (Lipinski definition) is 3. The van der Waals surface area contributed by atoms with E-state index in [1.165, 1.54) is 0 Å². The normalized spacial score (nSPS) is 14.9. The molecule has 5 nitrogen and oxygen atoms in total. The third-order valence-electron chi connectivity index (χ3n) is 2.76. The Morgan fingerprint density at radius 2 is 2.18 bits per heavy atom. The second-order valence-electron chi connectivity index (χ2n) is 4.79. The van der Waals surface area contributed by atoms with Gasteiger partial charge in [-0.05, 0) is 25.3 Å². The maximum Gasteiger partial charge on any atom is 0.320 e. The number of nitrogens with zero attached hydrogens (tertiary/aromatic N) is 2. The summed E-state index contributed by atoms with van der Waals surface area (Å²) in [4.78, 5) is 11.1. The number of carbonyl (C=O) groups is 1. The van der Waals surface area contributed by atoms with Gasteiger partial charge in [-0.15, -0.1) is 0 Å². The van der Waals surface area contributed by atoms with Crippen molar-refractivity contribution < 1.29 is 9.90 Å². The molecule has 1 aromatic rings. The van der Waals surface area contributed by atoms with Crippen molar-refractivity contribution in [3.8, 4) is 0 Å². The standard InChI is InChI=1S/C12H21N3O2/c1-8(2)7-10(12(16)17)14-9(3)11-5-6-13-15(11)4/h5-6,8-10,14H,7H2,1-4H3,(H,16,17). The van der Waals surface area contributed by atoms with Crippen LogP contribution in [0.3, 0.4) is 0 Å². The first-order valence-corrected chi connectivity index (χ1v) is 5.88. The zero-order valence-electron chi connectivity index (χ0n) is 10.8. The molecule has 0 saturated carbocycles. The summed E-state index contributed by atoms with van der Waals surface area (Å²) in [6.07, 6.45) is 2.34. The maximum atomic E-state index is 11.1. The van der Waals surface area contributed by atoms with Crippen molar-refractivity contribution in [2.45, 2.75) is 39.3 Å². The van der Waals surface area contributed by atoms with Crippen molar-refractivity contribution in [3.05, 3.63) is 18.0 Å². The summed E-state index contributed by atoms with van der Waals surface area (Å²) in [5.41, 5.74) is 0.986. The molecular weight excluding hydrogens is 218 g/mol. The van der Waals surface area contributed by atoms with Crippen molar-refractivity contribution in [2.24, 2.45) is 13.0 Å². The fraction of sp³-hybridized carbons (Fsp3) is 0.667. The Labute approximate surface area is 102 Å². The molecule has 0 aromatic carbocycles. The van der Waals surface area contributed by atoms with Gasteiger partial charge in [-0.1, -0.05) is 13.8 Å². The highest BCUT2D eigenvalue weighted by Crippen LogP contribution is 2.14. The van der Waals surface area contributed by atoms with E-state index in [1.807, 2.05) is 33.9 Å². The highest BCUT2D eigenvalue weighted by atomic mass is 16.4. The lowest BCUT2D eigenvalue weighted by atomic mass is 10.0. The number of nitrogens with one attached hydrogen (secondary N) is 1. The van der Waals surface area contributed by atoms with Crippen LogP contribution in [-0.2, 0) is 11.8 Å². The minimum atomic E-state index is -0.798. The number of carboxylic acid groups (broad SMARTS) is 1. The number of aromatic nitrogens is 2. The molecule has 17 heavy (non-hydrogen) atoms. The Morgan fingerprint density at radius 1 is 1.53 bits per heavy atom. The highest BCUT2D eigenvalue weighted by molar-refractivity contribution is 5.73. The lowest BCUT2D eigenvalue weighted by molar-refractivity contribution is -0.140. The fourth-order valence-electron chi connectivity index (χ4n) is 1.91. The van der Waals surface area contributed by atoms with Crippen LogP contribution in [0.1, 0.15) is 38.9 Å². The second kappa shape index (κ2) is 5.82. The molecule has 0 amide bonds. The summed E-state index contributed by atoms with van der Waals surface area (Å²) in [5, 5.41) is 16.4. The molecule has 2 N–H and O–H groups in total.